The third-order valence-corrected chi connectivity index (χ3v) is 3.12. The Labute approximate surface area is 124 Å². The van der Waals surface area contributed by atoms with Crippen molar-refractivity contribution >= 4 is 38.8 Å². The van der Waals surface area contributed by atoms with Gasteiger partial charge in [0.15, 0.2) is 0 Å². The van der Waals surface area contributed by atoms with Gasteiger partial charge in [0, 0.05) is 16.1 Å². The molecule has 1 aromatic carbocycles. The second-order valence-corrected chi connectivity index (χ2v) is 6.33. The van der Waals surface area contributed by atoms with Crippen molar-refractivity contribution in [3.63, 3.8) is 0 Å². The Morgan fingerprint density at radius 1 is 1.30 bits per heavy atom. The number of fused-ring (bicyclic) bond motifs is 1. The standard InChI is InChI=1S/C14H15BrN2O3/c1-14(2,3)20-13(19)17-7-10(12(16)18)9-6-8(15)4-5-11(9)17/h4-7H,1-3H3,(H2,16,18). The monoisotopic (exact) mass is 338 g/mol. The van der Waals surface area contributed by atoms with Gasteiger partial charge in [-0.1, -0.05) is 15.9 Å². The lowest BCUT2D eigenvalue weighted by Crippen LogP contribution is -2.26. The summed E-state index contributed by atoms with van der Waals surface area (Å²) < 4.78 is 7.41. The average molecular weight is 339 g/mol. The molecule has 2 aromatic rings. The van der Waals surface area contributed by atoms with E-state index >= 15 is 0 Å². The molecule has 106 valence electrons. The lowest BCUT2D eigenvalue weighted by Gasteiger charge is -2.19. The Hall–Kier alpha value is -1.82. The summed E-state index contributed by atoms with van der Waals surface area (Å²) in [4.78, 5) is 23.7. The van der Waals surface area contributed by atoms with E-state index in [4.69, 9.17) is 10.5 Å². The molecule has 2 rings (SSSR count). The highest BCUT2D eigenvalue weighted by Crippen LogP contribution is 2.26. The van der Waals surface area contributed by atoms with Crippen LogP contribution in [0.25, 0.3) is 10.9 Å². The third kappa shape index (κ3) is 2.85. The van der Waals surface area contributed by atoms with Crippen LogP contribution in [0.15, 0.2) is 28.9 Å². The quantitative estimate of drug-likeness (QED) is 0.866. The highest BCUT2D eigenvalue weighted by Gasteiger charge is 2.22. The molecule has 0 spiro atoms. The zero-order valence-corrected chi connectivity index (χ0v) is 13.0. The van der Waals surface area contributed by atoms with Gasteiger partial charge in [0.2, 0.25) is 0 Å². The lowest BCUT2D eigenvalue weighted by atomic mass is 10.2. The van der Waals surface area contributed by atoms with E-state index in [1.807, 2.05) is 0 Å². The molecule has 1 heterocycles. The summed E-state index contributed by atoms with van der Waals surface area (Å²) in [7, 11) is 0. The molecule has 0 radical (unpaired) electrons. The summed E-state index contributed by atoms with van der Waals surface area (Å²) in [6.45, 7) is 5.34. The van der Waals surface area contributed by atoms with Crippen LogP contribution in [-0.4, -0.2) is 22.2 Å². The number of nitrogens with zero attached hydrogens (tertiary/aromatic N) is 1. The summed E-state index contributed by atoms with van der Waals surface area (Å²) in [5, 5.41) is 0.609. The smallest absolute Gasteiger partial charge is 0.419 e. The molecule has 20 heavy (non-hydrogen) atoms. The van der Waals surface area contributed by atoms with E-state index in [9.17, 15) is 9.59 Å². The number of ether oxygens (including phenoxy) is 1. The SMILES string of the molecule is CC(C)(C)OC(=O)n1cc(C(N)=O)c2cc(Br)ccc21. The van der Waals surface area contributed by atoms with Crippen LogP contribution in [0.1, 0.15) is 31.1 Å². The molecular formula is C14H15BrN2O3. The van der Waals surface area contributed by atoms with Crippen molar-refractivity contribution < 1.29 is 14.3 Å². The van der Waals surface area contributed by atoms with Crippen LogP contribution in [-0.2, 0) is 4.74 Å². The fourth-order valence-corrected chi connectivity index (χ4v) is 2.22. The fourth-order valence-electron chi connectivity index (χ4n) is 1.86. The first kappa shape index (κ1) is 14.6. The maximum atomic E-state index is 12.2. The van der Waals surface area contributed by atoms with E-state index in [0.29, 0.717) is 10.9 Å². The number of amides is 1. The number of nitrogens with two attached hydrogens (primary N) is 1. The number of carbonyl (C=O) groups excluding carboxylic acids is 2. The Kier molecular flexibility index (Phi) is 3.60. The molecule has 0 aliphatic rings. The summed E-state index contributed by atoms with van der Waals surface area (Å²) in [5.41, 5.74) is 5.60. The molecule has 5 nitrogen and oxygen atoms in total. The molecule has 0 atom stereocenters. The van der Waals surface area contributed by atoms with Gasteiger partial charge in [-0.3, -0.25) is 9.36 Å². The van der Waals surface area contributed by atoms with Crippen molar-refractivity contribution in [2.75, 3.05) is 0 Å². The van der Waals surface area contributed by atoms with Crippen molar-refractivity contribution in [2.45, 2.75) is 26.4 Å². The van der Waals surface area contributed by atoms with Gasteiger partial charge >= 0.3 is 6.09 Å². The molecule has 6 heteroatoms. The van der Waals surface area contributed by atoms with Crippen LogP contribution in [0.5, 0.6) is 0 Å². The number of benzene rings is 1. The van der Waals surface area contributed by atoms with E-state index in [1.54, 1.807) is 39.0 Å². The predicted molar refractivity (Wildman–Crippen MR) is 79.8 cm³/mol. The number of halogens is 1. The van der Waals surface area contributed by atoms with E-state index in [2.05, 4.69) is 15.9 Å². The van der Waals surface area contributed by atoms with Gasteiger partial charge in [-0.25, -0.2) is 4.79 Å². The number of hydrogen-bond acceptors (Lipinski definition) is 3. The first-order valence-electron chi connectivity index (χ1n) is 6.03. The Bertz CT molecular complexity index is 698. The minimum atomic E-state index is -0.615. The zero-order chi connectivity index (χ0) is 15.1. The molecule has 0 saturated heterocycles. The summed E-state index contributed by atoms with van der Waals surface area (Å²) in [5.74, 6) is -0.588. The topological polar surface area (TPSA) is 74.3 Å². The third-order valence-electron chi connectivity index (χ3n) is 2.62. The Morgan fingerprint density at radius 2 is 1.95 bits per heavy atom. The van der Waals surface area contributed by atoms with Crippen molar-refractivity contribution in [1.82, 2.24) is 4.57 Å². The fraction of sp³-hybridized carbons (Fsp3) is 0.286. The summed E-state index contributed by atoms with van der Waals surface area (Å²) in [6, 6.07) is 5.26. The van der Waals surface area contributed by atoms with Crippen LogP contribution < -0.4 is 5.73 Å². The first-order chi connectivity index (χ1) is 9.19. The number of carbonyl (C=O) groups is 2. The molecule has 0 aliphatic heterocycles. The minimum Gasteiger partial charge on any atom is -0.443 e. The molecule has 0 saturated carbocycles. The van der Waals surface area contributed by atoms with E-state index in [-0.39, 0.29) is 5.56 Å². The molecule has 0 unspecified atom stereocenters. The second kappa shape index (κ2) is 4.94. The minimum absolute atomic E-state index is 0.284. The van der Waals surface area contributed by atoms with Crippen LogP contribution in [0.4, 0.5) is 4.79 Å². The highest BCUT2D eigenvalue weighted by molar-refractivity contribution is 9.10. The van der Waals surface area contributed by atoms with Crippen molar-refractivity contribution in [1.29, 1.82) is 0 Å². The van der Waals surface area contributed by atoms with Gasteiger partial charge in [0.25, 0.3) is 5.91 Å². The van der Waals surface area contributed by atoms with Crippen LogP contribution in [0.3, 0.4) is 0 Å². The van der Waals surface area contributed by atoms with Crippen molar-refractivity contribution in [3.8, 4) is 0 Å². The molecular weight excluding hydrogens is 324 g/mol. The average Bonchev–Trinajstić information content (AvgIpc) is 2.65. The van der Waals surface area contributed by atoms with E-state index < -0.39 is 17.6 Å². The van der Waals surface area contributed by atoms with Gasteiger partial charge in [0.05, 0.1) is 11.1 Å². The largest absolute Gasteiger partial charge is 0.443 e. The lowest BCUT2D eigenvalue weighted by molar-refractivity contribution is 0.0544. The van der Waals surface area contributed by atoms with Crippen LogP contribution >= 0.6 is 15.9 Å². The van der Waals surface area contributed by atoms with Gasteiger partial charge in [-0.2, -0.15) is 0 Å². The molecule has 1 amide bonds. The number of aromatic nitrogens is 1. The number of primary amides is 1. The number of rotatable bonds is 1. The van der Waals surface area contributed by atoms with E-state index in [1.165, 1.54) is 10.8 Å². The van der Waals surface area contributed by atoms with Crippen LogP contribution in [0, 0.1) is 0 Å². The normalized spacial score (nSPS) is 11.6. The predicted octanol–water partition coefficient (Wildman–Crippen LogP) is 3.29. The highest BCUT2D eigenvalue weighted by atomic mass is 79.9. The van der Waals surface area contributed by atoms with Crippen LogP contribution in [0.2, 0.25) is 0 Å². The van der Waals surface area contributed by atoms with Gasteiger partial charge in [-0.05, 0) is 39.0 Å². The second-order valence-electron chi connectivity index (χ2n) is 5.42. The van der Waals surface area contributed by atoms with E-state index in [0.717, 1.165) is 4.47 Å². The molecule has 0 aliphatic carbocycles. The summed E-state index contributed by atoms with van der Waals surface area (Å²) >= 11 is 3.33. The van der Waals surface area contributed by atoms with Gasteiger partial charge < -0.3 is 10.5 Å². The van der Waals surface area contributed by atoms with Gasteiger partial charge in [-0.15, -0.1) is 0 Å². The zero-order valence-electron chi connectivity index (χ0n) is 11.4. The maximum Gasteiger partial charge on any atom is 0.419 e. The number of hydrogen-bond donors (Lipinski definition) is 1. The molecule has 2 N–H and O–H groups in total. The Morgan fingerprint density at radius 3 is 2.50 bits per heavy atom. The van der Waals surface area contributed by atoms with Crippen molar-refractivity contribution in [3.05, 3.63) is 34.4 Å². The summed E-state index contributed by atoms with van der Waals surface area (Å²) in [6.07, 6.45) is 0.866. The van der Waals surface area contributed by atoms with Crippen molar-refractivity contribution in [2.24, 2.45) is 5.73 Å². The molecule has 0 bridgehead atoms. The Balaban J connectivity index is 2.60. The molecule has 1 aromatic heterocycles. The maximum absolute atomic E-state index is 12.2. The van der Waals surface area contributed by atoms with Gasteiger partial charge in [0.1, 0.15) is 5.60 Å². The first-order valence-corrected chi connectivity index (χ1v) is 6.82. The molecule has 0 fully saturated rings.